The molecule has 3 aromatic rings. The van der Waals surface area contributed by atoms with Gasteiger partial charge in [0.1, 0.15) is 12.4 Å². The first-order valence-corrected chi connectivity index (χ1v) is 10.2. The number of hydrogen-bond donors (Lipinski definition) is 1. The topological polar surface area (TPSA) is 39.7 Å². The summed E-state index contributed by atoms with van der Waals surface area (Å²) in [6, 6.07) is 19.6. The first-order chi connectivity index (χ1) is 13.6. The smallest absolute Gasteiger partial charge is 0.174 e. The van der Waals surface area contributed by atoms with Gasteiger partial charge in [-0.1, -0.05) is 29.8 Å². The van der Waals surface area contributed by atoms with Crippen LogP contribution in [-0.4, -0.2) is 14.2 Å². The summed E-state index contributed by atoms with van der Waals surface area (Å²) in [5.74, 6) is 2.25. The molecular formula is C22H21ClINO3. The number of hydrogen-bond acceptors (Lipinski definition) is 4. The molecule has 0 bridgehead atoms. The Bertz CT molecular complexity index is 932. The molecule has 0 aliphatic carbocycles. The molecule has 3 rings (SSSR count). The number of methoxy groups -OCH3 is 2. The van der Waals surface area contributed by atoms with E-state index < -0.39 is 0 Å². The van der Waals surface area contributed by atoms with Crippen LogP contribution in [0.4, 0.5) is 5.69 Å². The second kappa shape index (κ2) is 9.89. The Hall–Kier alpha value is -2.12. The molecule has 0 radical (unpaired) electrons. The van der Waals surface area contributed by atoms with Crippen LogP contribution in [0.3, 0.4) is 0 Å². The van der Waals surface area contributed by atoms with Crippen molar-refractivity contribution in [3.05, 3.63) is 80.4 Å². The van der Waals surface area contributed by atoms with E-state index in [2.05, 4.69) is 34.0 Å². The molecule has 0 saturated carbocycles. The number of anilines is 1. The number of halogens is 2. The van der Waals surface area contributed by atoms with E-state index in [4.69, 9.17) is 25.8 Å². The number of rotatable bonds is 8. The van der Waals surface area contributed by atoms with Crippen molar-refractivity contribution < 1.29 is 14.2 Å². The van der Waals surface area contributed by atoms with Gasteiger partial charge in [-0.25, -0.2) is 0 Å². The summed E-state index contributed by atoms with van der Waals surface area (Å²) in [5, 5.41) is 4.09. The minimum atomic E-state index is 0.384. The Kier molecular flexibility index (Phi) is 7.28. The molecule has 0 atom stereocenters. The fraction of sp³-hybridized carbons (Fsp3) is 0.182. The molecule has 0 spiro atoms. The normalized spacial score (nSPS) is 10.4. The Labute approximate surface area is 183 Å². The molecule has 1 N–H and O–H groups in total. The second-order valence-corrected chi connectivity index (χ2v) is 7.64. The van der Waals surface area contributed by atoms with Crippen LogP contribution in [0.1, 0.15) is 11.1 Å². The fourth-order valence-corrected chi connectivity index (χ4v) is 3.71. The molecule has 146 valence electrons. The van der Waals surface area contributed by atoms with Gasteiger partial charge in [0.15, 0.2) is 11.5 Å². The summed E-state index contributed by atoms with van der Waals surface area (Å²) in [6.07, 6.45) is 0. The van der Waals surface area contributed by atoms with E-state index in [-0.39, 0.29) is 0 Å². The highest BCUT2D eigenvalue weighted by atomic mass is 127. The molecule has 0 aromatic heterocycles. The SMILES string of the molecule is COc1ccc(NCc2cc(I)c(OCc3ccccc3Cl)c(OC)c2)cc1. The summed E-state index contributed by atoms with van der Waals surface area (Å²) in [6.45, 7) is 1.05. The Balaban J connectivity index is 1.70. The van der Waals surface area contributed by atoms with Gasteiger partial charge in [0, 0.05) is 22.8 Å². The van der Waals surface area contributed by atoms with E-state index in [1.54, 1.807) is 14.2 Å². The van der Waals surface area contributed by atoms with E-state index in [1.165, 1.54) is 0 Å². The van der Waals surface area contributed by atoms with Crippen LogP contribution in [0, 0.1) is 3.57 Å². The van der Waals surface area contributed by atoms with Gasteiger partial charge in [0.2, 0.25) is 0 Å². The molecule has 0 saturated heterocycles. The van der Waals surface area contributed by atoms with Gasteiger partial charge in [-0.3, -0.25) is 0 Å². The molecule has 0 aliphatic rings. The first-order valence-electron chi connectivity index (χ1n) is 8.71. The molecule has 0 aliphatic heterocycles. The quantitative estimate of drug-likeness (QED) is 0.370. The molecule has 3 aromatic carbocycles. The Morgan fingerprint density at radius 3 is 2.39 bits per heavy atom. The number of benzene rings is 3. The minimum Gasteiger partial charge on any atom is -0.497 e. The van der Waals surface area contributed by atoms with Crippen molar-refractivity contribution in [1.82, 2.24) is 0 Å². The van der Waals surface area contributed by atoms with Crippen molar-refractivity contribution in [2.24, 2.45) is 0 Å². The Morgan fingerprint density at radius 1 is 0.964 bits per heavy atom. The lowest BCUT2D eigenvalue weighted by molar-refractivity contribution is 0.282. The zero-order chi connectivity index (χ0) is 19.9. The molecule has 0 fully saturated rings. The van der Waals surface area contributed by atoms with E-state index >= 15 is 0 Å². The molecule has 0 heterocycles. The first kappa shape index (κ1) is 20.6. The third-order valence-electron chi connectivity index (χ3n) is 4.21. The van der Waals surface area contributed by atoms with Gasteiger partial charge < -0.3 is 19.5 Å². The lowest BCUT2D eigenvalue weighted by Crippen LogP contribution is -2.04. The van der Waals surface area contributed by atoms with Gasteiger partial charge in [-0.05, 0) is 70.6 Å². The fourth-order valence-electron chi connectivity index (χ4n) is 2.69. The van der Waals surface area contributed by atoms with Crippen molar-refractivity contribution in [3.63, 3.8) is 0 Å². The molecule has 4 nitrogen and oxygen atoms in total. The zero-order valence-corrected chi connectivity index (χ0v) is 18.6. The minimum absolute atomic E-state index is 0.384. The molecule has 6 heteroatoms. The van der Waals surface area contributed by atoms with Gasteiger partial charge in [0.25, 0.3) is 0 Å². The van der Waals surface area contributed by atoms with Crippen LogP contribution in [0.2, 0.25) is 5.02 Å². The van der Waals surface area contributed by atoms with Gasteiger partial charge in [0.05, 0.1) is 17.8 Å². The maximum atomic E-state index is 6.22. The lowest BCUT2D eigenvalue weighted by atomic mass is 10.2. The second-order valence-electron chi connectivity index (χ2n) is 6.07. The van der Waals surface area contributed by atoms with E-state index in [0.29, 0.717) is 23.9 Å². The average molecular weight is 510 g/mol. The van der Waals surface area contributed by atoms with Crippen molar-refractivity contribution in [3.8, 4) is 17.2 Å². The van der Waals surface area contributed by atoms with Crippen LogP contribution in [0.5, 0.6) is 17.2 Å². The standard InChI is InChI=1S/C22H21ClINO3/c1-26-18-9-7-17(8-10-18)25-13-15-11-20(24)22(21(12-15)27-2)28-14-16-5-3-4-6-19(16)23/h3-12,25H,13-14H2,1-2H3. The van der Waals surface area contributed by atoms with Crippen LogP contribution >= 0.6 is 34.2 Å². The molecule has 0 amide bonds. The maximum absolute atomic E-state index is 6.22. The predicted octanol–water partition coefficient (Wildman–Crippen LogP) is 6.15. The van der Waals surface area contributed by atoms with E-state index in [1.807, 2.05) is 54.6 Å². The molecule has 28 heavy (non-hydrogen) atoms. The highest BCUT2D eigenvalue weighted by Crippen LogP contribution is 2.35. The van der Waals surface area contributed by atoms with Crippen LogP contribution in [-0.2, 0) is 13.2 Å². The predicted molar refractivity (Wildman–Crippen MR) is 122 cm³/mol. The highest BCUT2D eigenvalue weighted by molar-refractivity contribution is 14.1. The van der Waals surface area contributed by atoms with Crippen LogP contribution < -0.4 is 19.5 Å². The van der Waals surface area contributed by atoms with Crippen LogP contribution in [0.25, 0.3) is 0 Å². The largest absolute Gasteiger partial charge is 0.497 e. The van der Waals surface area contributed by atoms with E-state index in [9.17, 15) is 0 Å². The van der Waals surface area contributed by atoms with Crippen molar-refractivity contribution in [2.45, 2.75) is 13.2 Å². The maximum Gasteiger partial charge on any atom is 0.174 e. The average Bonchev–Trinajstić information content (AvgIpc) is 2.72. The van der Waals surface area contributed by atoms with E-state index in [0.717, 1.165) is 31.9 Å². The summed E-state index contributed by atoms with van der Waals surface area (Å²) in [4.78, 5) is 0. The monoisotopic (exact) mass is 509 g/mol. The highest BCUT2D eigenvalue weighted by Gasteiger charge is 2.13. The summed E-state index contributed by atoms with van der Waals surface area (Å²) >= 11 is 8.49. The third-order valence-corrected chi connectivity index (χ3v) is 5.38. The summed E-state index contributed by atoms with van der Waals surface area (Å²) in [7, 11) is 3.31. The summed E-state index contributed by atoms with van der Waals surface area (Å²) in [5.41, 5.74) is 3.06. The molecular weight excluding hydrogens is 489 g/mol. The Morgan fingerprint density at radius 2 is 1.71 bits per heavy atom. The molecule has 0 unspecified atom stereocenters. The zero-order valence-electron chi connectivity index (χ0n) is 15.7. The van der Waals surface area contributed by atoms with Crippen LogP contribution in [0.15, 0.2) is 60.7 Å². The van der Waals surface area contributed by atoms with Gasteiger partial charge >= 0.3 is 0 Å². The third kappa shape index (κ3) is 5.23. The number of ether oxygens (including phenoxy) is 3. The summed E-state index contributed by atoms with van der Waals surface area (Å²) < 4.78 is 17.7. The number of nitrogens with one attached hydrogen (secondary N) is 1. The lowest BCUT2D eigenvalue weighted by Gasteiger charge is -2.15. The van der Waals surface area contributed by atoms with Crippen molar-refractivity contribution in [1.29, 1.82) is 0 Å². The van der Waals surface area contributed by atoms with Gasteiger partial charge in [-0.15, -0.1) is 0 Å². The van der Waals surface area contributed by atoms with Crippen molar-refractivity contribution in [2.75, 3.05) is 19.5 Å². The van der Waals surface area contributed by atoms with Gasteiger partial charge in [-0.2, -0.15) is 0 Å². The van der Waals surface area contributed by atoms with Crippen molar-refractivity contribution >= 4 is 39.9 Å².